The van der Waals surface area contributed by atoms with Crippen molar-refractivity contribution >= 4 is 34.6 Å². The lowest BCUT2D eigenvalue weighted by Crippen LogP contribution is -1.88. The standard InChI is InChI=1S/C12H10Cl2N2/c13-9-5-7(1-3-11(9)15)8-2-4-12(16)10(14)6-8/h1-6H,15-16H2/i1D,3D,5D,6D/hD2. The summed E-state index contributed by atoms with van der Waals surface area (Å²) >= 11 is 11.9. The fourth-order valence-corrected chi connectivity index (χ4v) is 1.44. The zero-order valence-corrected chi connectivity index (χ0v) is 9.45. The number of anilines is 2. The summed E-state index contributed by atoms with van der Waals surface area (Å²) in [4.78, 5) is 0. The van der Waals surface area contributed by atoms with Crippen LogP contribution in [-0.2, 0) is 0 Å². The fraction of sp³-hybridized carbons (Fsp3) is 0. The molecule has 16 heavy (non-hydrogen) atoms. The van der Waals surface area contributed by atoms with Gasteiger partial charge >= 0.3 is 0 Å². The average Bonchev–Trinajstić information content (AvgIpc) is 2.45. The van der Waals surface area contributed by atoms with E-state index >= 15 is 0 Å². The number of nitrogen functional groups attached to an aromatic ring is 2. The van der Waals surface area contributed by atoms with E-state index in [1.807, 2.05) is 0 Å². The van der Waals surface area contributed by atoms with E-state index in [1.54, 1.807) is 0 Å². The Labute approximate surface area is 112 Å². The van der Waals surface area contributed by atoms with Gasteiger partial charge in [0.2, 0.25) is 0 Å². The third kappa shape index (κ3) is 2.08. The van der Waals surface area contributed by atoms with Gasteiger partial charge in [-0.25, -0.2) is 0 Å². The van der Waals surface area contributed by atoms with Gasteiger partial charge in [-0.15, -0.1) is 0 Å². The van der Waals surface area contributed by atoms with Crippen molar-refractivity contribution < 1.29 is 8.31 Å². The largest absolute Gasteiger partial charge is 0.398 e. The zero-order chi connectivity index (χ0) is 16.8. The van der Waals surface area contributed by atoms with Gasteiger partial charge in [0.15, 0.2) is 2.82 Å². The number of halogens is 2. The van der Waals surface area contributed by atoms with Crippen molar-refractivity contribution in [2.75, 3.05) is 11.5 Å². The highest BCUT2D eigenvalue weighted by Crippen LogP contribution is 2.30. The maximum Gasteiger partial charge on any atom is 0.156 e. The highest BCUT2D eigenvalue weighted by molar-refractivity contribution is 6.34. The van der Waals surface area contributed by atoms with E-state index in [-0.39, 0.29) is 50.4 Å². The minimum Gasteiger partial charge on any atom is -0.398 e. The number of hydrogen-bond acceptors (Lipinski definition) is 2. The Kier molecular flexibility index (Phi) is 1.54. The van der Waals surface area contributed by atoms with Crippen LogP contribution in [0.15, 0.2) is 36.3 Å². The van der Waals surface area contributed by atoms with Gasteiger partial charge in [0, 0.05) is 0 Å². The molecule has 0 fully saturated rings. The van der Waals surface area contributed by atoms with Gasteiger partial charge in [-0.3, -0.25) is 0 Å². The molecule has 0 aliphatic carbocycles. The second kappa shape index (κ2) is 4.24. The first-order valence-corrected chi connectivity index (χ1v) is 5.06. The molecule has 0 saturated carbocycles. The van der Waals surface area contributed by atoms with Crippen molar-refractivity contribution in [2.45, 2.75) is 0 Å². The molecular weight excluding hydrogens is 243 g/mol. The van der Waals surface area contributed by atoms with Crippen molar-refractivity contribution in [3.05, 3.63) is 46.3 Å². The van der Waals surface area contributed by atoms with Crippen LogP contribution in [0.4, 0.5) is 11.4 Å². The molecule has 2 rings (SSSR count). The molecule has 0 unspecified atom stereocenters. The predicted molar refractivity (Wildman–Crippen MR) is 70.7 cm³/mol. The number of nitrogens with two attached hydrogens (primary N) is 2. The lowest BCUT2D eigenvalue weighted by atomic mass is 10.1. The van der Waals surface area contributed by atoms with Crippen LogP contribution < -0.4 is 11.5 Å². The van der Waals surface area contributed by atoms with Crippen LogP contribution in [0.2, 0.25) is 12.9 Å². The quantitative estimate of drug-likeness (QED) is 0.805. The van der Waals surface area contributed by atoms with Crippen LogP contribution in [0.3, 0.4) is 0 Å². The van der Waals surface area contributed by atoms with Crippen molar-refractivity contribution in [2.24, 2.45) is 0 Å². The van der Waals surface area contributed by atoms with Crippen LogP contribution in [0.1, 0.15) is 5.48 Å². The SMILES string of the molecule is [2H]c1c(-c2c([2H])c([2H])c(N([2H])[2H])c(Cl)c2[2H])ccc(N)c1Cl. The Hall–Kier alpha value is -1.38. The highest BCUT2D eigenvalue weighted by Gasteiger charge is 2.03. The molecule has 0 aliphatic rings. The van der Waals surface area contributed by atoms with Gasteiger partial charge in [0.05, 0.1) is 26.9 Å². The van der Waals surface area contributed by atoms with Crippen LogP contribution in [0, 0.1) is 0 Å². The van der Waals surface area contributed by atoms with E-state index in [0.717, 1.165) is 0 Å². The van der Waals surface area contributed by atoms with E-state index in [2.05, 4.69) is 0 Å². The van der Waals surface area contributed by atoms with E-state index < -0.39 is 12.1 Å². The molecule has 0 aromatic heterocycles. The molecule has 0 aliphatic heterocycles. The maximum atomic E-state index is 8.04. The van der Waals surface area contributed by atoms with Crippen LogP contribution >= 0.6 is 23.2 Å². The fourth-order valence-electron chi connectivity index (χ4n) is 1.14. The summed E-state index contributed by atoms with van der Waals surface area (Å²) in [5.74, 6) is 0. The van der Waals surface area contributed by atoms with Crippen molar-refractivity contribution in [3.63, 3.8) is 0 Å². The second-order valence-corrected chi connectivity index (χ2v) is 3.81. The minimum absolute atomic E-state index is 0.0226. The number of benzene rings is 2. The molecule has 0 bridgehead atoms. The third-order valence-electron chi connectivity index (χ3n) is 1.95. The number of hydrogen-bond donors (Lipinski definition) is 2. The minimum atomic E-state index is -0.478. The van der Waals surface area contributed by atoms with E-state index in [1.165, 1.54) is 12.1 Å². The summed E-state index contributed by atoms with van der Waals surface area (Å²) in [5, 5.41) is -0.334. The van der Waals surface area contributed by atoms with Gasteiger partial charge < -0.3 is 11.5 Å². The molecule has 4 N–H and O–H groups in total. The highest BCUT2D eigenvalue weighted by atomic mass is 35.5. The molecule has 0 saturated heterocycles. The molecule has 2 aromatic carbocycles. The van der Waals surface area contributed by atoms with E-state index in [0.29, 0.717) is 0 Å². The summed E-state index contributed by atoms with van der Waals surface area (Å²) in [6.45, 7) is 0. The summed E-state index contributed by atoms with van der Waals surface area (Å²) in [7, 11) is 0. The summed E-state index contributed by atoms with van der Waals surface area (Å²) in [6, 6.07) is 1.43. The third-order valence-corrected chi connectivity index (χ3v) is 2.53. The summed E-state index contributed by atoms with van der Waals surface area (Å²) < 4.78 is 46.3. The Morgan fingerprint density at radius 3 is 2.44 bits per heavy atom. The summed E-state index contributed by atoms with van der Waals surface area (Å²) in [5.41, 5.74) is 5.58. The molecule has 0 atom stereocenters. The zero-order valence-electron chi connectivity index (χ0n) is 13.9. The van der Waals surface area contributed by atoms with Crippen LogP contribution in [-0.4, -0.2) is 0 Å². The van der Waals surface area contributed by atoms with Gasteiger partial charge in [0.25, 0.3) is 0 Å². The molecule has 2 aromatic rings. The second-order valence-electron chi connectivity index (χ2n) is 3.05. The first-order valence-electron chi connectivity index (χ1n) is 7.20. The average molecular weight is 259 g/mol. The van der Waals surface area contributed by atoms with Crippen molar-refractivity contribution in [3.8, 4) is 11.1 Å². The van der Waals surface area contributed by atoms with Crippen LogP contribution in [0.5, 0.6) is 0 Å². The monoisotopic (exact) mass is 258 g/mol. The first-order chi connectivity index (χ1) is 10.2. The topological polar surface area (TPSA) is 52.0 Å². The molecule has 2 nitrogen and oxygen atoms in total. The van der Waals surface area contributed by atoms with Crippen LogP contribution in [0.25, 0.3) is 11.1 Å². The normalized spacial score (nSPS) is 15.4. The Morgan fingerprint density at radius 1 is 1.00 bits per heavy atom. The Morgan fingerprint density at radius 2 is 1.69 bits per heavy atom. The molecule has 0 radical (unpaired) electrons. The molecule has 82 valence electrons. The molecule has 0 spiro atoms. The Bertz CT molecular complexity index is 737. The lowest BCUT2D eigenvalue weighted by molar-refractivity contribution is 1.61. The molecule has 0 amide bonds. The molecule has 4 heteroatoms. The maximum absolute atomic E-state index is 8.04. The van der Waals surface area contributed by atoms with E-state index in [4.69, 9.17) is 37.2 Å². The molecule has 0 heterocycles. The summed E-state index contributed by atoms with van der Waals surface area (Å²) in [6.07, 6.45) is 0. The lowest BCUT2D eigenvalue weighted by Gasteiger charge is -2.06. The number of rotatable bonds is 2. The smallest absolute Gasteiger partial charge is 0.156 e. The van der Waals surface area contributed by atoms with Gasteiger partial charge in [-0.1, -0.05) is 35.3 Å². The van der Waals surface area contributed by atoms with Crippen molar-refractivity contribution in [1.82, 2.24) is 0 Å². The first kappa shape index (κ1) is 5.80. The van der Waals surface area contributed by atoms with Gasteiger partial charge in [-0.05, 0) is 35.3 Å². The van der Waals surface area contributed by atoms with Gasteiger partial charge in [-0.2, -0.15) is 0 Å². The Balaban J connectivity index is 2.87. The van der Waals surface area contributed by atoms with Gasteiger partial charge in [0.1, 0.15) is 0 Å². The van der Waals surface area contributed by atoms with Crippen molar-refractivity contribution in [1.29, 1.82) is 0 Å². The molecular formula is C12H10Cl2N2. The van der Waals surface area contributed by atoms with E-state index in [9.17, 15) is 0 Å². The predicted octanol–water partition coefficient (Wildman–Crippen LogP) is 3.82.